The predicted octanol–water partition coefficient (Wildman–Crippen LogP) is 3.06. The Balaban J connectivity index is 1.48. The van der Waals surface area contributed by atoms with Crippen molar-refractivity contribution >= 4 is 10.9 Å². The molecule has 3 heteroatoms. The van der Waals surface area contributed by atoms with Crippen molar-refractivity contribution in [3.8, 4) is 0 Å². The smallest absolute Gasteiger partial charge is 0.0705 e. The van der Waals surface area contributed by atoms with Crippen LogP contribution in [-0.2, 0) is 6.54 Å². The van der Waals surface area contributed by atoms with Gasteiger partial charge in [0.15, 0.2) is 0 Å². The van der Waals surface area contributed by atoms with Crippen LogP contribution in [0.25, 0.3) is 10.9 Å². The number of nitrogens with one attached hydrogen (secondary N) is 1. The number of hydrogen-bond acceptors (Lipinski definition) is 3. The first-order valence-corrected chi connectivity index (χ1v) is 8.13. The van der Waals surface area contributed by atoms with Gasteiger partial charge in [-0.2, -0.15) is 0 Å². The molecule has 2 heterocycles. The average molecular weight is 283 g/mol. The Hall–Kier alpha value is -1.45. The van der Waals surface area contributed by atoms with Gasteiger partial charge in [-0.25, -0.2) is 0 Å². The van der Waals surface area contributed by atoms with E-state index >= 15 is 0 Å². The lowest BCUT2D eigenvalue weighted by atomic mass is 9.97. The van der Waals surface area contributed by atoms with Gasteiger partial charge in [0.25, 0.3) is 0 Å². The summed E-state index contributed by atoms with van der Waals surface area (Å²) in [5.74, 6) is 0.827. The SMILES string of the molecule is CCN1CCC(CNCc2ccc3ccccc3n2)CC1. The van der Waals surface area contributed by atoms with Crippen molar-refractivity contribution in [2.45, 2.75) is 26.3 Å². The zero-order valence-corrected chi connectivity index (χ0v) is 12.9. The third-order valence-electron chi connectivity index (χ3n) is 4.55. The van der Waals surface area contributed by atoms with Crippen molar-refractivity contribution in [3.05, 3.63) is 42.1 Å². The lowest BCUT2D eigenvalue weighted by Gasteiger charge is -2.31. The van der Waals surface area contributed by atoms with Crippen LogP contribution < -0.4 is 5.32 Å². The fourth-order valence-electron chi connectivity index (χ4n) is 3.12. The summed E-state index contributed by atoms with van der Waals surface area (Å²) in [5.41, 5.74) is 2.23. The minimum atomic E-state index is 0.827. The molecule has 2 aromatic rings. The summed E-state index contributed by atoms with van der Waals surface area (Å²) >= 11 is 0. The van der Waals surface area contributed by atoms with Crippen molar-refractivity contribution in [2.24, 2.45) is 5.92 Å². The molecule has 0 spiro atoms. The molecule has 1 N–H and O–H groups in total. The predicted molar refractivity (Wildman–Crippen MR) is 88.3 cm³/mol. The normalized spacial score (nSPS) is 17.4. The van der Waals surface area contributed by atoms with E-state index in [4.69, 9.17) is 4.98 Å². The maximum absolute atomic E-state index is 4.71. The Morgan fingerprint density at radius 2 is 1.95 bits per heavy atom. The van der Waals surface area contributed by atoms with Crippen molar-refractivity contribution in [1.82, 2.24) is 15.2 Å². The van der Waals surface area contributed by atoms with Crippen LogP contribution in [0.15, 0.2) is 36.4 Å². The fraction of sp³-hybridized carbons (Fsp3) is 0.500. The van der Waals surface area contributed by atoms with Crippen molar-refractivity contribution < 1.29 is 0 Å². The van der Waals surface area contributed by atoms with E-state index in [0.717, 1.165) is 30.2 Å². The molecule has 0 amide bonds. The van der Waals surface area contributed by atoms with Crippen LogP contribution in [-0.4, -0.2) is 36.1 Å². The molecule has 1 aliphatic heterocycles. The zero-order chi connectivity index (χ0) is 14.5. The van der Waals surface area contributed by atoms with E-state index in [9.17, 15) is 0 Å². The number of nitrogens with zero attached hydrogens (tertiary/aromatic N) is 2. The third-order valence-corrected chi connectivity index (χ3v) is 4.55. The molecule has 1 aromatic heterocycles. The first-order chi connectivity index (χ1) is 10.3. The van der Waals surface area contributed by atoms with Crippen LogP contribution in [0.5, 0.6) is 0 Å². The number of para-hydroxylation sites is 1. The molecule has 1 saturated heterocycles. The lowest BCUT2D eigenvalue weighted by molar-refractivity contribution is 0.190. The van der Waals surface area contributed by atoms with Crippen LogP contribution in [0.3, 0.4) is 0 Å². The van der Waals surface area contributed by atoms with Crippen molar-refractivity contribution in [2.75, 3.05) is 26.2 Å². The number of rotatable bonds is 5. The summed E-state index contributed by atoms with van der Waals surface area (Å²) < 4.78 is 0. The van der Waals surface area contributed by atoms with E-state index in [0.29, 0.717) is 0 Å². The number of fused-ring (bicyclic) bond motifs is 1. The molecule has 112 valence electrons. The molecule has 0 saturated carbocycles. The van der Waals surface area contributed by atoms with Crippen LogP contribution >= 0.6 is 0 Å². The van der Waals surface area contributed by atoms with E-state index in [-0.39, 0.29) is 0 Å². The number of pyridine rings is 1. The second-order valence-corrected chi connectivity index (χ2v) is 6.00. The van der Waals surface area contributed by atoms with Gasteiger partial charge in [-0.3, -0.25) is 4.98 Å². The second-order valence-electron chi connectivity index (χ2n) is 6.00. The van der Waals surface area contributed by atoms with E-state index in [1.165, 1.54) is 37.9 Å². The molecule has 1 aliphatic rings. The molecule has 0 aliphatic carbocycles. The summed E-state index contributed by atoms with van der Waals surface area (Å²) in [6, 6.07) is 12.6. The summed E-state index contributed by atoms with van der Waals surface area (Å²) in [6.07, 6.45) is 2.65. The number of piperidine rings is 1. The van der Waals surface area contributed by atoms with Gasteiger partial charge in [0.2, 0.25) is 0 Å². The van der Waals surface area contributed by atoms with Gasteiger partial charge in [-0.15, -0.1) is 0 Å². The number of benzene rings is 1. The highest BCUT2D eigenvalue weighted by Crippen LogP contribution is 2.16. The number of likely N-dealkylation sites (tertiary alicyclic amines) is 1. The van der Waals surface area contributed by atoms with E-state index in [1.54, 1.807) is 0 Å². The summed E-state index contributed by atoms with van der Waals surface area (Å²) in [6.45, 7) is 7.96. The Labute approximate surface area is 127 Å². The van der Waals surface area contributed by atoms with Gasteiger partial charge in [0, 0.05) is 11.9 Å². The highest BCUT2D eigenvalue weighted by atomic mass is 15.1. The maximum Gasteiger partial charge on any atom is 0.0705 e. The summed E-state index contributed by atoms with van der Waals surface area (Å²) in [5, 5.41) is 4.80. The van der Waals surface area contributed by atoms with E-state index in [2.05, 4.69) is 47.5 Å². The van der Waals surface area contributed by atoms with Crippen LogP contribution in [0.1, 0.15) is 25.5 Å². The Morgan fingerprint density at radius 3 is 2.76 bits per heavy atom. The first kappa shape index (κ1) is 14.5. The Morgan fingerprint density at radius 1 is 1.14 bits per heavy atom. The van der Waals surface area contributed by atoms with Gasteiger partial charge in [0.1, 0.15) is 0 Å². The molecule has 0 atom stereocenters. The Kier molecular flexibility index (Phi) is 4.84. The van der Waals surface area contributed by atoms with Gasteiger partial charge in [-0.05, 0) is 57.1 Å². The molecular formula is C18H25N3. The maximum atomic E-state index is 4.71. The highest BCUT2D eigenvalue weighted by Gasteiger charge is 2.17. The average Bonchev–Trinajstić information content (AvgIpc) is 2.55. The van der Waals surface area contributed by atoms with E-state index < -0.39 is 0 Å². The number of aromatic nitrogens is 1. The van der Waals surface area contributed by atoms with Gasteiger partial charge in [0.05, 0.1) is 11.2 Å². The molecule has 1 aromatic carbocycles. The molecule has 3 rings (SSSR count). The fourth-order valence-corrected chi connectivity index (χ4v) is 3.12. The van der Waals surface area contributed by atoms with Crippen LogP contribution in [0.2, 0.25) is 0 Å². The van der Waals surface area contributed by atoms with E-state index in [1.807, 2.05) is 6.07 Å². The molecule has 0 unspecified atom stereocenters. The second kappa shape index (κ2) is 7.01. The first-order valence-electron chi connectivity index (χ1n) is 8.13. The van der Waals surface area contributed by atoms with Gasteiger partial charge >= 0.3 is 0 Å². The van der Waals surface area contributed by atoms with Crippen molar-refractivity contribution in [1.29, 1.82) is 0 Å². The zero-order valence-electron chi connectivity index (χ0n) is 12.9. The molecule has 3 nitrogen and oxygen atoms in total. The topological polar surface area (TPSA) is 28.2 Å². The molecular weight excluding hydrogens is 258 g/mol. The highest BCUT2D eigenvalue weighted by molar-refractivity contribution is 5.78. The minimum absolute atomic E-state index is 0.827. The summed E-state index contributed by atoms with van der Waals surface area (Å²) in [4.78, 5) is 7.26. The monoisotopic (exact) mass is 283 g/mol. The largest absolute Gasteiger partial charge is 0.311 e. The lowest BCUT2D eigenvalue weighted by Crippen LogP contribution is -2.37. The minimum Gasteiger partial charge on any atom is -0.311 e. The third kappa shape index (κ3) is 3.80. The van der Waals surface area contributed by atoms with Crippen LogP contribution in [0.4, 0.5) is 0 Å². The van der Waals surface area contributed by atoms with Crippen LogP contribution in [0, 0.1) is 5.92 Å². The quantitative estimate of drug-likeness (QED) is 0.914. The van der Waals surface area contributed by atoms with Crippen molar-refractivity contribution in [3.63, 3.8) is 0 Å². The molecule has 21 heavy (non-hydrogen) atoms. The molecule has 1 fully saturated rings. The standard InChI is InChI=1S/C18H25N3/c1-2-21-11-9-15(10-12-21)13-19-14-17-8-7-16-5-3-4-6-18(16)20-17/h3-8,15,19H,2,9-14H2,1H3. The Bertz CT molecular complexity index is 573. The molecule has 0 radical (unpaired) electrons. The summed E-state index contributed by atoms with van der Waals surface area (Å²) in [7, 11) is 0. The number of hydrogen-bond donors (Lipinski definition) is 1. The molecule has 0 bridgehead atoms. The van der Waals surface area contributed by atoms with Gasteiger partial charge in [-0.1, -0.05) is 31.2 Å². The van der Waals surface area contributed by atoms with Gasteiger partial charge < -0.3 is 10.2 Å².